The summed E-state index contributed by atoms with van der Waals surface area (Å²) < 4.78 is 14.0. The SMILES string of the molecule is O=C(CN1N=N[C@@H]2C(=O)N(c3ccc(Br)cc3)C(=O)[C@@H]21)Nc1cccc(F)c1. The highest BCUT2D eigenvalue weighted by molar-refractivity contribution is 9.10. The second-order valence-electron chi connectivity index (χ2n) is 6.24. The van der Waals surface area contributed by atoms with Gasteiger partial charge < -0.3 is 5.32 Å². The molecule has 2 atom stereocenters. The predicted octanol–water partition coefficient (Wildman–Crippen LogP) is 2.52. The number of imide groups is 1. The molecule has 8 nitrogen and oxygen atoms in total. The molecule has 0 unspecified atom stereocenters. The van der Waals surface area contributed by atoms with Crippen molar-refractivity contribution in [3.8, 4) is 0 Å². The van der Waals surface area contributed by atoms with Gasteiger partial charge in [-0.3, -0.25) is 19.4 Å². The maximum Gasteiger partial charge on any atom is 0.263 e. The van der Waals surface area contributed by atoms with E-state index >= 15 is 0 Å². The fraction of sp³-hybridized carbons (Fsp3) is 0.167. The van der Waals surface area contributed by atoms with E-state index in [0.717, 1.165) is 9.37 Å². The standard InChI is InChI=1S/C18H13BrFN5O3/c19-10-4-6-13(7-5-10)25-17(27)15-16(18(25)28)24(23-22-15)9-14(26)21-12-3-1-2-11(20)8-12/h1-8,15-16H,9H2,(H,21,26)/t15-,16+/m0/s1. The molecule has 1 saturated heterocycles. The number of fused-ring (bicyclic) bond motifs is 1. The molecule has 2 aromatic carbocycles. The van der Waals surface area contributed by atoms with Crippen molar-refractivity contribution in [2.24, 2.45) is 10.3 Å². The van der Waals surface area contributed by atoms with Crippen LogP contribution in [0.15, 0.2) is 63.3 Å². The molecule has 10 heteroatoms. The molecule has 28 heavy (non-hydrogen) atoms. The highest BCUT2D eigenvalue weighted by Crippen LogP contribution is 2.32. The Morgan fingerprint density at radius 1 is 1.14 bits per heavy atom. The van der Waals surface area contributed by atoms with Crippen LogP contribution in [0.2, 0.25) is 0 Å². The number of hydrogen-bond donors (Lipinski definition) is 1. The summed E-state index contributed by atoms with van der Waals surface area (Å²) in [5, 5.41) is 11.4. The van der Waals surface area contributed by atoms with Crippen molar-refractivity contribution in [3.05, 3.63) is 58.8 Å². The lowest BCUT2D eigenvalue weighted by molar-refractivity contribution is -0.123. The summed E-state index contributed by atoms with van der Waals surface area (Å²) in [6, 6.07) is 10.2. The Morgan fingerprint density at radius 3 is 2.61 bits per heavy atom. The molecule has 1 N–H and O–H groups in total. The molecule has 0 radical (unpaired) electrons. The normalized spacial score (nSPS) is 20.6. The quantitative estimate of drug-likeness (QED) is 0.731. The second kappa shape index (κ2) is 7.12. The van der Waals surface area contributed by atoms with E-state index in [2.05, 4.69) is 31.6 Å². The van der Waals surface area contributed by atoms with E-state index in [-0.39, 0.29) is 12.2 Å². The molecule has 0 saturated carbocycles. The minimum absolute atomic E-state index is 0.281. The molecule has 4 rings (SSSR count). The van der Waals surface area contributed by atoms with Crippen LogP contribution in [0.4, 0.5) is 15.8 Å². The molecule has 1 fully saturated rings. The minimum Gasteiger partial charge on any atom is -0.324 e. The number of anilines is 2. The molecule has 2 aliphatic rings. The monoisotopic (exact) mass is 445 g/mol. The van der Waals surface area contributed by atoms with Gasteiger partial charge in [0.2, 0.25) is 5.91 Å². The summed E-state index contributed by atoms with van der Waals surface area (Å²) in [5.74, 6) is -1.98. The summed E-state index contributed by atoms with van der Waals surface area (Å²) >= 11 is 3.30. The first-order chi connectivity index (χ1) is 13.4. The van der Waals surface area contributed by atoms with Crippen molar-refractivity contribution in [1.82, 2.24) is 5.01 Å². The van der Waals surface area contributed by atoms with Crippen LogP contribution in [0, 0.1) is 5.82 Å². The fourth-order valence-corrected chi connectivity index (χ4v) is 3.38. The van der Waals surface area contributed by atoms with Gasteiger partial charge in [0, 0.05) is 10.2 Å². The number of nitrogens with zero attached hydrogens (tertiary/aromatic N) is 4. The highest BCUT2D eigenvalue weighted by atomic mass is 79.9. The third kappa shape index (κ3) is 3.26. The molecule has 0 aromatic heterocycles. The Hall–Kier alpha value is -3.14. The van der Waals surface area contributed by atoms with Gasteiger partial charge in [0.25, 0.3) is 11.8 Å². The van der Waals surface area contributed by atoms with Crippen LogP contribution < -0.4 is 10.2 Å². The molecular weight excluding hydrogens is 433 g/mol. The molecule has 2 aliphatic heterocycles. The van der Waals surface area contributed by atoms with Gasteiger partial charge in [-0.05, 0) is 42.5 Å². The van der Waals surface area contributed by atoms with Gasteiger partial charge in [-0.15, -0.1) is 0 Å². The first-order valence-electron chi connectivity index (χ1n) is 8.30. The largest absolute Gasteiger partial charge is 0.324 e. The topological polar surface area (TPSA) is 94.4 Å². The van der Waals surface area contributed by atoms with Crippen LogP contribution in [0.1, 0.15) is 0 Å². The van der Waals surface area contributed by atoms with Gasteiger partial charge in [-0.1, -0.05) is 27.2 Å². The number of carbonyl (C=O) groups excluding carboxylic acids is 3. The third-order valence-electron chi connectivity index (χ3n) is 4.36. The van der Waals surface area contributed by atoms with Crippen molar-refractivity contribution in [1.29, 1.82) is 0 Å². The smallest absolute Gasteiger partial charge is 0.263 e. The molecule has 0 spiro atoms. The number of hydrogen-bond acceptors (Lipinski definition) is 6. The van der Waals surface area contributed by atoms with E-state index in [4.69, 9.17) is 0 Å². The average Bonchev–Trinajstić information content (AvgIpc) is 3.16. The number of amides is 3. The Balaban J connectivity index is 1.48. The first kappa shape index (κ1) is 18.2. The minimum atomic E-state index is -0.988. The highest BCUT2D eigenvalue weighted by Gasteiger charge is 2.55. The van der Waals surface area contributed by atoms with Gasteiger partial charge >= 0.3 is 0 Å². The zero-order chi connectivity index (χ0) is 19.8. The van der Waals surface area contributed by atoms with Crippen LogP contribution in [0.3, 0.4) is 0 Å². The van der Waals surface area contributed by atoms with Crippen molar-refractivity contribution in [2.45, 2.75) is 12.1 Å². The number of nitrogens with one attached hydrogen (secondary N) is 1. The van der Waals surface area contributed by atoms with E-state index in [0.29, 0.717) is 5.69 Å². The number of benzene rings is 2. The molecule has 3 amide bonds. The van der Waals surface area contributed by atoms with Crippen LogP contribution in [-0.4, -0.2) is 41.4 Å². The van der Waals surface area contributed by atoms with Crippen LogP contribution in [0.5, 0.6) is 0 Å². The number of carbonyl (C=O) groups is 3. The van der Waals surface area contributed by atoms with Crippen molar-refractivity contribution in [3.63, 3.8) is 0 Å². The molecule has 2 heterocycles. The van der Waals surface area contributed by atoms with Gasteiger partial charge in [-0.2, -0.15) is 5.11 Å². The van der Waals surface area contributed by atoms with E-state index in [1.165, 1.54) is 29.3 Å². The number of rotatable bonds is 4. The van der Waals surface area contributed by atoms with E-state index in [9.17, 15) is 18.8 Å². The fourth-order valence-electron chi connectivity index (χ4n) is 3.11. The molecule has 0 bridgehead atoms. The van der Waals surface area contributed by atoms with E-state index in [1.807, 2.05) is 0 Å². The average molecular weight is 446 g/mol. The molecule has 142 valence electrons. The second-order valence-corrected chi connectivity index (χ2v) is 7.15. The Bertz CT molecular complexity index is 997. The van der Waals surface area contributed by atoms with Crippen molar-refractivity contribution >= 4 is 45.0 Å². The predicted molar refractivity (Wildman–Crippen MR) is 101 cm³/mol. The van der Waals surface area contributed by atoms with Crippen LogP contribution in [0.25, 0.3) is 0 Å². The lowest BCUT2D eigenvalue weighted by Gasteiger charge is -2.20. The first-order valence-corrected chi connectivity index (χ1v) is 9.09. The third-order valence-corrected chi connectivity index (χ3v) is 4.89. The maximum absolute atomic E-state index is 13.2. The van der Waals surface area contributed by atoms with Crippen molar-refractivity contribution in [2.75, 3.05) is 16.8 Å². The lowest BCUT2D eigenvalue weighted by atomic mass is 10.1. The van der Waals surface area contributed by atoms with Crippen molar-refractivity contribution < 1.29 is 18.8 Å². The maximum atomic E-state index is 13.2. The zero-order valence-corrected chi connectivity index (χ0v) is 15.8. The summed E-state index contributed by atoms with van der Waals surface area (Å²) in [4.78, 5) is 38.7. The summed E-state index contributed by atoms with van der Waals surface area (Å²) in [6.45, 7) is -0.297. The zero-order valence-electron chi connectivity index (χ0n) is 14.3. The van der Waals surface area contributed by atoms with Gasteiger partial charge in [0.05, 0.1) is 5.69 Å². The van der Waals surface area contributed by atoms with Gasteiger partial charge in [0.15, 0.2) is 12.1 Å². The summed E-state index contributed by atoms with van der Waals surface area (Å²) in [6.07, 6.45) is 0. The van der Waals surface area contributed by atoms with Gasteiger partial charge in [-0.25, -0.2) is 9.29 Å². The van der Waals surface area contributed by atoms with Crippen LogP contribution in [-0.2, 0) is 14.4 Å². The number of halogens is 2. The van der Waals surface area contributed by atoms with E-state index in [1.54, 1.807) is 24.3 Å². The van der Waals surface area contributed by atoms with Gasteiger partial charge in [0.1, 0.15) is 12.4 Å². The Labute approximate surface area is 167 Å². The Morgan fingerprint density at radius 2 is 1.89 bits per heavy atom. The summed E-state index contributed by atoms with van der Waals surface area (Å²) in [7, 11) is 0. The van der Waals surface area contributed by atoms with Crippen LogP contribution >= 0.6 is 15.9 Å². The molecular formula is C18H13BrFN5O3. The molecule has 2 aromatic rings. The summed E-state index contributed by atoms with van der Waals surface area (Å²) in [5.41, 5.74) is 0.704. The lowest BCUT2D eigenvalue weighted by Crippen LogP contribution is -2.43. The van der Waals surface area contributed by atoms with E-state index < -0.39 is 35.6 Å². The Kier molecular flexibility index (Phi) is 4.63. The molecule has 0 aliphatic carbocycles.